The fourth-order valence-corrected chi connectivity index (χ4v) is 3.93. The van der Waals surface area contributed by atoms with Crippen LogP contribution in [-0.4, -0.2) is 61.6 Å². The monoisotopic (exact) mass is 408 g/mol. The Morgan fingerprint density at radius 2 is 2.07 bits per heavy atom. The van der Waals surface area contributed by atoms with E-state index in [0.717, 1.165) is 42.8 Å². The molecule has 1 aliphatic carbocycles. The number of pyridine rings is 1. The Morgan fingerprint density at radius 3 is 2.77 bits per heavy atom. The first-order valence-electron chi connectivity index (χ1n) is 10.3. The van der Waals surface area contributed by atoms with E-state index in [1.165, 1.54) is 6.33 Å². The smallest absolute Gasteiger partial charge is 0.245 e. The molecule has 9 heteroatoms. The molecule has 30 heavy (non-hydrogen) atoms. The summed E-state index contributed by atoms with van der Waals surface area (Å²) in [5.74, 6) is 2.26. The van der Waals surface area contributed by atoms with Crippen LogP contribution in [0.2, 0.25) is 0 Å². The maximum Gasteiger partial charge on any atom is 0.245 e. The quantitative estimate of drug-likeness (QED) is 0.618. The van der Waals surface area contributed by atoms with Gasteiger partial charge in [0.1, 0.15) is 18.3 Å². The lowest BCUT2D eigenvalue weighted by atomic mass is 10.2. The van der Waals surface area contributed by atoms with E-state index < -0.39 is 0 Å². The number of aromatic nitrogens is 5. The maximum atomic E-state index is 12.3. The molecule has 0 radical (unpaired) electrons. The number of aryl methyl sites for hydroxylation is 1. The average molecular weight is 408 g/mol. The van der Waals surface area contributed by atoms with Gasteiger partial charge in [0.25, 0.3) is 0 Å². The van der Waals surface area contributed by atoms with Crippen molar-refractivity contribution < 1.29 is 14.3 Å². The number of hydrogen-bond acceptors (Lipinski definition) is 7. The van der Waals surface area contributed by atoms with Crippen molar-refractivity contribution in [1.82, 2.24) is 29.4 Å². The molecule has 156 valence electrons. The first-order valence-corrected chi connectivity index (χ1v) is 10.3. The SMILES string of the molecule is CCn1c(-c2ccc(OC)nc2)nc2c(OC3CCN(C(=O)C4CC4)C3)ncnc21. The van der Waals surface area contributed by atoms with E-state index in [9.17, 15) is 4.79 Å². The number of methoxy groups -OCH3 is 1. The summed E-state index contributed by atoms with van der Waals surface area (Å²) < 4.78 is 13.4. The van der Waals surface area contributed by atoms with Crippen LogP contribution >= 0.6 is 0 Å². The Morgan fingerprint density at radius 1 is 1.20 bits per heavy atom. The molecule has 1 saturated carbocycles. The summed E-state index contributed by atoms with van der Waals surface area (Å²) in [6, 6.07) is 3.73. The van der Waals surface area contributed by atoms with Crippen LogP contribution in [0.5, 0.6) is 11.8 Å². The summed E-state index contributed by atoms with van der Waals surface area (Å²) in [5.41, 5.74) is 2.21. The van der Waals surface area contributed by atoms with Crippen molar-refractivity contribution in [2.24, 2.45) is 5.92 Å². The number of nitrogens with zero attached hydrogens (tertiary/aromatic N) is 6. The predicted octanol–water partition coefficient (Wildman–Crippen LogP) is 2.31. The first kappa shape index (κ1) is 18.8. The molecule has 2 fully saturated rings. The van der Waals surface area contributed by atoms with Gasteiger partial charge in [0.2, 0.25) is 17.7 Å². The van der Waals surface area contributed by atoms with Crippen LogP contribution in [0.25, 0.3) is 22.6 Å². The zero-order valence-corrected chi connectivity index (χ0v) is 17.1. The fraction of sp³-hybridized carbons (Fsp3) is 0.476. The highest BCUT2D eigenvalue weighted by Gasteiger charge is 2.37. The Kier molecular flexibility index (Phi) is 4.72. The van der Waals surface area contributed by atoms with Crippen molar-refractivity contribution in [3.05, 3.63) is 24.7 Å². The van der Waals surface area contributed by atoms with Crippen LogP contribution in [-0.2, 0) is 11.3 Å². The number of imidazole rings is 1. The second-order valence-corrected chi connectivity index (χ2v) is 7.71. The van der Waals surface area contributed by atoms with E-state index in [1.807, 2.05) is 28.5 Å². The van der Waals surface area contributed by atoms with Gasteiger partial charge in [-0.15, -0.1) is 0 Å². The van der Waals surface area contributed by atoms with E-state index in [4.69, 9.17) is 14.5 Å². The van der Waals surface area contributed by atoms with Crippen molar-refractivity contribution in [2.45, 2.75) is 38.8 Å². The van der Waals surface area contributed by atoms with E-state index >= 15 is 0 Å². The second-order valence-electron chi connectivity index (χ2n) is 7.71. The molecule has 2 aliphatic rings. The zero-order valence-electron chi connectivity index (χ0n) is 17.1. The standard InChI is InChI=1S/C21H24N6O3/c1-3-27-18(14-6-7-16(29-2)22-10-14)25-17-19(27)23-12-24-20(17)30-15-8-9-26(11-15)21(28)13-4-5-13/h6-7,10,12-13,15H,3-5,8-9,11H2,1-2H3. The van der Waals surface area contributed by atoms with Crippen molar-refractivity contribution in [3.8, 4) is 23.1 Å². The van der Waals surface area contributed by atoms with Crippen LogP contribution < -0.4 is 9.47 Å². The third kappa shape index (κ3) is 3.34. The van der Waals surface area contributed by atoms with Gasteiger partial charge in [-0.25, -0.2) is 15.0 Å². The third-order valence-corrected chi connectivity index (χ3v) is 5.68. The van der Waals surface area contributed by atoms with Crippen molar-refractivity contribution in [2.75, 3.05) is 20.2 Å². The lowest BCUT2D eigenvalue weighted by Gasteiger charge is -2.16. The summed E-state index contributed by atoms with van der Waals surface area (Å²) in [6.07, 6.45) is 5.99. The van der Waals surface area contributed by atoms with Crippen molar-refractivity contribution in [1.29, 1.82) is 0 Å². The second kappa shape index (κ2) is 7.55. The molecule has 0 spiro atoms. The zero-order chi connectivity index (χ0) is 20.7. The topological polar surface area (TPSA) is 95.3 Å². The van der Waals surface area contributed by atoms with Crippen LogP contribution in [0.4, 0.5) is 0 Å². The number of carbonyl (C=O) groups is 1. The Labute approximate surface area is 174 Å². The summed E-state index contributed by atoms with van der Waals surface area (Å²) in [7, 11) is 1.59. The van der Waals surface area contributed by atoms with E-state index in [-0.39, 0.29) is 17.9 Å². The molecule has 9 nitrogen and oxygen atoms in total. The van der Waals surface area contributed by atoms with Gasteiger partial charge in [-0.05, 0) is 25.8 Å². The third-order valence-electron chi connectivity index (χ3n) is 5.68. The minimum absolute atomic E-state index is 0.0799. The highest BCUT2D eigenvalue weighted by molar-refractivity contribution is 5.82. The highest BCUT2D eigenvalue weighted by atomic mass is 16.5. The predicted molar refractivity (Wildman–Crippen MR) is 109 cm³/mol. The average Bonchev–Trinajstić information content (AvgIpc) is 3.41. The fourth-order valence-electron chi connectivity index (χ4n) is 3.93. The number of amides is 1. The Balaban J connectivity index is 1.43. The van der Waals surface area contributed by atoms with Gasteiger partial charge in [0.05, 0.1) is 13.7 Å². The lowest BCUT2D eigenvalue weighted by Crippen LogP contribution is -2.32. The van der Waals surface area contributed by atoms with Gasteiger partial charge in [0, 0.05) is 43.3 Å². The Hall–Kier alpha value is -3.23. The molecular formula is C21H24N6O3. The summed E-state index contributed by atoms with van der Waals surface area (Å²) in [5, 5.41) is 0. The number of fused-ring (bicyclic) bond motifs is 1. The van der Waals surface area contributed by atoms with Gasteiger partial charge in [-0.1, -0.05) is 0 Å². The van der Waals surface area contributed by atoms with Gasteiger partial charge in [-0.2, -0.15) is 4.98 Å². The molecule has 5 rings (SSSR count). The van der Waals surface area contributed by atoms with Gasteiger partial charge in [0.15, 0.2) is 11.2 Å². The summed E-state index contributed by atoms with van der Waals surface area (Å²) >= 11 is 0. The maximum absolute atomic E-state index is 12.3. The first-order chi connectivity index (χ1) is 14.7. The number of ether oxygens (including phenoxy) is 2. The van der Waals surface area contributed by atoms with Crippen molar-refractivity contribution >= 4 is 17.1 Å². The lowest BCUT2D eigenvalue weighted by molar-refractivity contribution is -0.131. The summed E-state index contributed by atoms with van der Waals surface area (Å²) in [6.45, 7) is 4.08. The van der Waals surface area contributed by atoms with Gasteiger partial charge >= 0.3 is 0 Å². The minimum atomic E-state index is -0.0799. The normalized spacial score (nSPS) is 18.7. The Bertz CT molecular complexity index is 1080. The van der Waals surface area contributed by atoms with E-state index in [0.29, 0.717) is 30.4 Å². The number of rotatable bonds is 6. The number of likely N-dealkylation sites (tertiary alicyclic amines) is 1. The molecule has 3 aromatic rings. The molecule has 1 atom stereocenters. The molecule has 1 amide bonds. The van der Waals surface area contributed by atoms with Crippen molar-refractivity contribution in [3.63, 3.8) is 0 Å². The molecule has 0 N–H and O–H groups in total. The summed E-state index contributed by atoms with van der Waals surface area (Å²) in [4.78, 5) is 32.1. The minimum Gasteiger partial charge on any atom is -0.481 e. The molecule has 3 aromatic heterocycles. The van der Waals surface area contributed by atoms with Gasteiger partial charge in [-0.3, -0.25) is 4.79 Å². The van der Waals surface area contributed by atoms with Crippen LogP contribution in [0.1, 0.15) is 26.2 Å². The van der Waals surface area contributed by atoms with Crippen LogP contribution in [0.15, 0.2) is 24.7 Å². The largest absolute Gasteiger partial charge is 0.481 e. The molecule has 1 unspecified atom stereocenters. The molecule has 4 heterocycles. The number of carbonyl (C=O) groups excluding carboxylic acids is 1. The molecule has 1 aliphatic heterocycles. The molecule has 0 aromatic carbocycles. The molecule has 0 bridgehead atoms. The highest BCUT2D eigenvalue weighted by Crippen LogP contribution is 2.33. The van der Waals surface area contributed by atoms with Crippen LogP contribution in [0, 0.1) is 5.92 Å². The molecular weight excluding hydrogens is 384 g/mol. The molecule has 1 saturated heterocycles. The van der Waals surface area contributed by atoms with E-state index in [1.54, 1.807) is 13.3 Å². The van der Waals surface area contributed by atoms with Gasteiger partial charge < -0.3 is 18.9 Å². The van der Waals surface area contributed by atoms with E-state index in [2.05, 4.69) is 15.0 Å². The number of hydrogen-bond donors (Lipinski definition) is 0. The van der Waals surface area contributed by atoms with Crippen LogP contribution in [0.3, 0.4) is 0 Å².